The molecule has 4 nitrogen and oxygen atoms in total. The molecule has 0 aliphatic carbocycles. The number of carbonyl (C=O) groups excluding carboxylic acids is 1. The van der Waals surface area contributed by atoms with Crippen LogP contribution in [0.15, 0.2) is 18.2 Å². The molecule has 0 aromatic heterocycles. The van der Waals surface area contributed by atoms with Crippen LogP contribution >= 0.6 is 0 Å². The number of anilines is 1. The number of nitrogens with one attached hydrogen (secondary N) is 2. The SMILES string of the molecule is CC(C)CCNC(=O)c1ccc(NN)c(C(F)(F)F)c1. The highest BCUT2D eigenvalue weighted by molar-refractivity contribution is 5.94. The van der Waals surface area contributed by atoms with Crippen molar-refractivity contribution in [3.05, 3.63) is 29.3 Å². The van der Waals surface area contributed by atoms with Gasteiger partial charge in [-0.25, -0.2) is 0 Å². The molecule has 1 rings (SSSR count). The molecule has 0 saturated heterocycles. The summed E-state index contributed by atoms with van der Waals surface area (Å²) in [5.41, 5.74) is 0.704. The van der Waals surface area contributed by atoms with Crippen LogP contribution in [0.1, 0.15) is 36.2 Å². The van der Waals surface area contributed by atoms with Crippen molar-refractivity contribution < 1.29 is 18.0 Å². The number of halogens is 3. The van der Waals surface area contributed by atoms with Crippen molar-refractivity contribution in [3.63, 3.8) is 0 Å². The van der Waals surface area contributed by atoms with E-state index >= 15 is 0 Å². The standard InChI is InChI=1S/C13H18F3N3O/c1-8(2)5-6-18-12(20)9-3-4-11(19-17)10(7-9)13(14,15)16/h3-4,7-8,19H,5-6,17H2,1-2H3,(H,18,20). The molecule has 0 unspecified atom stereocenters. The van der Waals surface area contributed by atoms with E-state index in [1.165, 1.54) is 6.07 Å². The summed E-state index contributed by atoms with van der Waals surface area (Å²) < 4.78 is 38.4. The number of hydrogen-bond acceptors (Lipinski definition) is 3. The number of carbonyl (C=O) groups is 1. The minimum Gasteiger partial charge on any atom is -0.352 e. The molecular formula is C13H18F3N3O. The lowest BCUT2D eigenvalue weighted by Crippen LogP contribution is -2.26. The van der Waals surface area contributed by atoms with Crippen LogP contribution in [0.25, 0.3) is 0 Å². The van der Waals surface area contributed by atoms with Gasteiger partial charge in [0.05, 0.1) is 11.3 Å². The third kappa shape index (κ3) is 4.41. The minimum absolute atomic E-state index is 0.0416. The Bertz CT molecular complexity index is 472. The molecule has 0 spiro atoms. The first-order valence-corrected chi connectivity index (χ1v) is 6.21. The molecule has 20 heavy (non-hydrogen) atoms. The molecule has 0 saturated carbocycles. The number of rotatable bonds is 5. The molecule has 0 bridgehead atoms. The fourth-order valence-electron chi connectivity index (χ4n) is 1.62. The van der Waals surface area contributed by atoms with Gasteiger partial charge < -0.3 is 10.7 Å². The molecule has 7 heteroatoms. The van der Waals surface area contributed by atoms with E-state index in [2.05, 4.69) is 5.32 Å². The second kappa shape index (κ2) is 6.60. The van der Waals surface area contributed by atoms with Crippen molar-refractivity contribution in [1.29, 1.82) is 0 Å². The van der Waals surface area contributed by atoms with Crippen LogP contribution < -0.4 is 16.6 Å². The normalized spacial score (nSPS) is 11.6. The summed E-state index contributed by atoms with van der Waals surface area (Å²) in [6.45, 7) is 4.42. The second-order valence-electron chi connectivity index (χ2n) is 4.84. The monoisotopic (exact) mass is 289 g/mol. The quantitative estimate of drug-likeness (QED) is 0.577. The van der Waals surface area contributed by atoms with Gasteiger partial charge in [0.15, 0.2) is 0 Å². The van der Waals surface area contributed by atoms with Gasteiger partial charge in [-0.15, -0.1) is 0 Å². The lowest BCUT2D eigenvalue weighted by molar-refractivity contribution is -0.137. The van der Waals surface area contributed by atoms with Crippen molar-refractivity contribution in [3.8, 4) is 0 Å². The number of alkyl halides is 3. The summed E-state index contributed by atoms with van der Waals surface area (Å²) in [7, 11) is 0. The smallest absolute Gasteiger partial charge is 0.352 e. The molecule has 0 atom stereocenters. The van der Waals surface area contributed by atoms with Crippen LogP contribution in [-0.2, 0) is 6.18 Å². The summed E-state index contributed by atoms with van der Waals surface area (Å²) in [4.78, 5) is 11.8. The van der Waals surface area contributed by atoms with Crippen LogP contribution in [0, 0.1) is 5.92 Å². The molecular weight excluding hydrogens is 271 g/mol. The fourth-order valence-corrected chi connectivity index (χ4v) is 1.62. The molecule has 0 heterocycles. The fraction of sp³-hybridized carbons (Fsp3) is 0.462. The average molecular weight is 289 g/mol. The molecule has 0 radical (unpaired) electrons. The number of nitrogens with two attached hydrogens (primary N) is 1. The van der Waals surface area contributed by atoms with E-state index in [0.717, 1.165) is 18.6 Å². The maximum absolute atomic E-state index is 12.8. The van der Waals surface area contributed by atoms with E-state index in [1.54, 1.807) is 0 Å². The zero-order chi connectivity index (χ0) is 15.3. The highest BCUT2D eigenvalue weighted by Gasteiger charge is 2.34. The molecule has 112 valence electrons. The van der Waals surface area contributed by atoms with Crippen LogP contribution in [0.3, 0.4) is 0 Å². The summed E-state index contributed by atoms with van der Waals surface area (Å²) in [6.07, 6.45) is -3.81. The highest BCUT2D eigenvalue weighted by Crippen LogP contribution is 2.35. The Morgan fingerprint density at radius 2 is 2.00 bits per heavy atom. The molecule has 0 aliphatic heterocycles. The number of hydrogen-bond donors (Lipinski definition) is 3. The first kappa shape index (κ1) is 16.3. The predicted molar refractivity (Wildman–Crippen MR) is 71.0 cm³/mol. The van der Waals surface area contributed by atoms with Gasteiger partial charge in [0.1, 0.15) is 0 Å². The Hall–Kier alpha value is -1.76. The van der Waals surface area contributed by atoms with Gasteiger partial charge in [0.2, 0.25) is 0 Å². The summed E-state index contributed by atoms with van der Waals surface area (Å²) >= 11 is 0. The number of amides is 1. The largest absolute Gasteiger partial charge is 0.418 e. The van der Waals surface area contributed by atoms with E-state index in [9.17, 15) is 18.0 Å². The van der Waals surface area contributed by atoms with Crippen LogP contribution in [-0.4, -0.2) is 12.5 Å². The van der Waals surface area contributed by atoms with Gasteiger partial charge in [0.25, 0.3) is 5.91 Å². The molecule has 0 fully saturated rings. The molecule has 1 amide bonds. The topological polar surface area (TPSA) is 67.2 Å². The van der Waals surface area contributed by atoms with E-state index in [4.69, 9.17) is 5.84 Å². The molecule has 1 aromatic carbocycles. The Morgan fingerprint density at radius 1 is 1.35 bits per heavy atom. The lowest BCUT2D eigenvalue weighted by atomic mass is 10.1. The van der Waals surface area contributed by atoms with Crippen molar-refractivity contribution in [1.82, 2.24) is 5.32 Å². The Kier molecular flexibility index (Phi) is 5.38. The third-order valence-corrected chi connectivity index (χ3v) is 2.75. The van der Waals surface area contributed by atoms with E-state index in [1.807, 2.05) is 19.3 Å². The van der Waals surface area contributed by atoms with Crippen LogP contribution in [0.4, 0.5) is 18.9 Å². The number of hydrazine groups is 1. The van der Waals surface area contributed by atoms with Gasteiger partial charge in [-0.05, 0) is 30.5 Å². The Morgan fingerprint density at radius 3 is 2.50 bits per heavy atom. The first-order chi connectivity index (χ1) is 9.25. The van der Waals surface area contributed by atoms with Gasteiger partial charge in [-0.3, -0.25) is 10.6 Å². The Balaban J connectivity index is 2.89. The van der Waals surface area contributed by atoms with E-state index in [-0.39, 0.29) is 11.3 Å². The molecule has 1 aromatic rings. The highest BCUT2D eigenvalue weighted by atomic mass is 19.4. The van der Waals surface area contributed by atoms with Gasteiger partial charge in [0, 0.05) is 12.1 Å². The summed E-state index contributed by atoms with van der Waals surface area (Å²) in [6, 6.07) is 3.23. The molecule has 0 aliphatic rings. The van der Waals surface area contributed by atoms with Gasteiger partial charge in [-0.1, -0.05) is 13.8 Å². The van der Waals surface area contributed by atoms with Crippen molar-refractivity contribution in [2.75, 3.05) is 12.0 Å². The zero-order valence-corrected chi connectivity index (χ0v) is 11.3. The third-order valence-electron chi connectivity index (χ3n) is 2.75. The van der Waals surface area contributed by atoms with Gasteiger partial charge >= 0.3 is 6.18 Å². The second-order valence-corrected chi connectivity index (χ2v) is 4.84. The maximum atomic E-state index is 12.8. The predicted octanol–water partition coefficient (Wildman–Crippen LogP) is 2.77. The Labute approximate surface area is 115 Å². The van der Waals surface area contributed by atoms with Crippen molar-refractivity contribution >= 4 is 11.6 Å². The summed E-state index contributed by atoms with van der Waals surface area (Å²) in [5, 5.41) is 2.59. The number of benzene rings is 1. The number of nitrogen functional groups attached to an aromatic ring is 1. The zero-order valence-electron chi connectivity index (χ0n) is 11.3. The van der Waals surface area contributed by atoms with Crippen LogP contribution in [0.5, 0.6) is 0 Å². The average Bonchev–Trinajstić information content (AvgIpc) is 2.36. The maximum Gasteiger partial charge on any atom is 0.418 e. The minimum atomic E-state index is -4.57. The lowest BCUT2D eigenvalue weighted by Gasteiger charge is -2.14. The summed E-state index contributed by atoms with van der Waals surface area (Å²) in [5.74, 6) is 4.92. The van der Waals surface area contributed by atoms with E-state index < -0.39 is 17.6 Å². The van der Waals surface area contributed by atoms with E-state index in [0.29, 0.717) is 12.5 Å². The van der Waals surface area contributed by atoms with Crippen LogP contribution in [0.2, 0.25) is 0 Å². The first-order valence-electron chi connectivity index (χ1n) is 6.21. The van der Waals surface area contributed by atoms with Gasteiger partial charge in [-0.2, -0.15) is 13.2 Å². The molecule has 4 N–H and O–H groups in total. The van der Waals surface area contributed by atoms with Crippen molar-refractivity contribution in [2.24, 2.45) is 11.8 Å². The van der Waals surface area contributed by atoms with Crippen molar-refractivity contribution in [2.45, 2.75) is 26.4 Å².